The first-order valence-electron chi connectivity index (χ1n) is 7.55. The van der Waals surface area contributed by atoms with Crippen molar-refractivity contribution in [2.24, 2.45) is 0 Å². The quantitative estimate of drug-likeness (QED) is 0.808. The Labute approximate surface area is 145 Å². The van der Waals surface area contributed by atoms with Crippen LogP contribution in [0.3, 0.4) is 0 Å². The van der Waals surface area contributed by atoms with Gasteiger partial charge < -0.3 is 9.84 Å². The van der Waals surface area contributed by atoms with Crippen LogP contribution in [0.2, 0.25) is 0 Å². The molecule has 23 heavy (non-hydrogen) atoms. The van der Waals surface area contributed by atoms with Crippen LogP contribution >= 0.6 is 15.9 Å². The molecule has 0 bridgehead atoms. The number of aliphatic carboxylic acids is 1. The Morgan fingerprint density at radius 1 is 1.35 bits per heavy atom. The lowest BCUT2D eigenvalue weighted by Gasteiger charge is -2.31. The van der Waals surface area contributed by atoms with E-state index in [1.165, 1.54) is 4.90 Å². The van der Waals surface area contributed by atoms with Gasteiger partial charge in [0, 0.05) is 11.0 Å². The van der Waals surface area contributed by atoms with Crippen LogP contribution in [0.25, 0.3) is 0 Å². The highest BCUT2D eigenvalue weighted by atomic mass is 79.9. The van der Waals surface area contributed by atoms with Crippen LogP contribution in [0, 0.1) is 6.92 Å². The van der Waals surface area contributed by atoms with Gasteiger partial charge in [0.25, 0.3) is 0 Å². The van der Waals surface area contributed by atoms with Crippen molar-refractivity contribution >= 4 is 28.0 Å². The summed E-state index contributed by atoms with van der Waals surface area (Å²) < 4.78 is 6.18. The molecule has 6 heteroatoms. The molecule has 5 nitrogen and oxygen atoms in total. The van der Waals surface area contributed by atoms with Crippen molar-refractivity contribution in [3.8, 4) is 0 Å². The van der Waals surface area contributed by atoms with Gasteiger partial charge in [-0.15, -0.1) is 0 Å². The molecule has 1 atom stereocenters. The summed E-state index contributed by atoms with van der Waals surface area (Å²) in [4.78, 5) is 25.5. The second-order valence-electron chi connectivity index (χ2n) is 6.42. The van der Waals surface area contributed by atoms with Gasteiger partial charge in [0.05, 0.1) is 0 Å². The molecule has 0 aliphatic rings. The summed E-state index contributed by atoms with van der Waals surface area (Å²) in [5.41, 5.74) is 0.853. The zero-order valence-corrected chi connectivity index (χ0v) is 15.8. The lowest BCUT2D eigenvalue weighted by molar-refractivity contribution is -0.143. The number of amides is 1. The van der Waals surface area contributed by atoms with Crippen molar-refractivity contribution in [1.29, 1.82) is 0 Å². The molecule has 0 aliphatic heterocycles. The van der Waals surface area contributed by atoms with E-state index >= 15 is 0 Å². The summed E-state index contributed by atoms with van der Waals surface area (Å²) in [6.07, 6.45) is 0.0132. The third kappa shape index (κ3) is 5.53. The van der Waals surface area contributed by atoms with E-state index in [-0.39, 0.29) is 0 Å². The summed E-state index contributed by atoms with van der Waals surface area (Å²) in [7, 11) is 0. The molecule has 0 aromatic heterocycles. The van der Waals surface area contributed by atoms with E-state index in [0.717, 1.165) is 10.0 Å². The average molecular weight is 386 g/mol. The number of halogens is 1. The van der Waals surface area contributed by atoms with E-state index in [9.17, 15) is 14.7 Å². The lowest BCUT2D eigenvalue weighted by atomic mass is 10.0. The van der Waals surface area contributed by atoms with Crippen LogP contribution in [0.5, 0.6) is 0 Å². The summed E-state index contributed by atoms with van der Waals surface area (Å²) >= 11 is 3.41. The molecular formula is C17H24BrNO4. The predicted molar refractivity (Wildman–Crippen MR) is 92.5 cm³/mol. The van der Waals surface area contributed by atoms with Gasteiger partial charge in [-0.05, 0) is 51.3 Å². The Balaban J connectivity index is 3.23. The number of rotatable bonds is 5. The van der Waals surface area contributed by atoms with Crippen molar-refractivity contribution in [2.45, 2.75) is 52.7 Å². The van der Waals surface area contributed by atoms with Gasteiger partial charge in [0.15, 0.2) is 6.04 Å². The van der Waals surface area contributed by atoms with Gasteiger partial charge in [0.1, 0.15) is 5.60 Å². The van der Waals surface area contributed by atoms with Gasteiger partial charge in [-0.1, -0.05) is 35.0 Å². The monoisotopic (exact) mass is 385 g/mol. The lowest BCUT2D eigenvalue weighted by Crippen LogP contribution is -2.42. The molecule has 128 valence electrons. The molecule has 1 aromatic rings. The average Bonchev–Trinajstić information content (AvgIpc) is 2.39. The summed E-state index contributed by atoms with van der Waals surface area (Å²) in [5, 5.41) is 9.67. The van der Waals surface area contributed by atoms with E-state index in [1.54, 1.807) is 32.9 Å². The number of hydrogen-bond acceptors (Lipinski definition) is 3. The molecule has 1 unspecified atom stereocenters. The first-order valence-corrected chi connectivity index (χ1v) is 8.34. The predicted octanol–water partition coefficient (Wildman–Crippen LogP) is 4.53. The minimum atomic E-state index is -1.08. The Bertz CT molecular complexity index is 580. The molecule has 1 amide bonds. The number of benzene rings is 1. The van der Waals surface area contributed by atoms with Crippen LogP contribution < -0.4 is 0 Å². The fraction of sp³-hybridized carbons (Fsp3) is 0.529. The Hall–Kier alpha value is -1.56. The minimum absolute atomic E-state index is 0.303. The molecule has 0 spiro atoms. The molecule has 0 radical (unpaired) electrons. The van der Waals surface area contributed by atoms with Crippen molar-refractivity contribution in [3.63, 3.8) is 0 Å². The fourth-order valence-electron chi connectivity index (χ4n) is 2.12. The maximum atomic E-state index is 12.4. The summed E-state index contributed by atoms with van der Waals surface area (Å²) in [5.74, 6) is -1.08. The van der Waals surface area contributed by atoms with Gasteiger partial charge in [0.2, 0.25) is 0 Å². The fourth-order valence-corrected chi connectivity index (χ4v) is 2.52. The zero-order valence-electron chi connectivity index (χ0n) is 14.2. The number of ether oxygens (including phenoxy) is 1. The van der Waals surface area contributed by atoms with Crippen molar-refractivity contribution in [1.82, 2.24) is 4.90 Å². The maximum absolute atomic E-state index is 12.4. The highest BCUT2D eigenvalue weighted by molar-refractivity contribution is 9.10. The van der Waals surface area contributed by atoms with Gasteiger partial charge in [-0.3, -0.25) is 4.90 Å². The standard InChI is InChI=1S/C17H24BrNO4/c1-6-9-19(16(22)23-17(3,4)5)14(15(20)21)12-8-7-11(2)13(18)10-12/h7-8,10,14H,6,9H2,1-5H3,(H,20,21). The Morgan fingerprint density at radius 3 is 2.39 bits per heavy atom. The van der Waals surface area contributed by atoms with Crippen LogP contribution in [0.1, 0.15) is 51.3 Å². The number of carbonyl (C=O) groups is 2. The van der Waals surface area contributed by atoms with Crippen molar-refractivity contribution in [2.75, 3.05) is 6.54 Å². The van der Waals surface area contributed by atoms with Crippen molar-refractivity contribution in [3.05, 3.63) is 33.8 Å². The number of carbonyl (C=O) groups excluding carboxylic acids is 1. The third-order valence-electron chi connectivity index (χ3n) is 3.15. The largest absolute Gasteiger partial charge is 0.479 e. The molecule has 0 heterocycles. The van der Waals surface area contributed by atoms with E-state index in [4.69, 9.17) is 4.74 Å². The van der Waals surface area contributed by atoms with Crippen LogP contribution in [-0.2, 0) is 9.53 Å². The smallest absolute Gasteiger partial charge is 0.411 e. The Morgan fingerprint density at radius 2 is 1.96 bits per heavy atom. The number of hydrogen-bond donors (Lipinski definition) is 1. The van der Waals surface area contributed by atoms with Gasteiger partial charge in [-0.25, -0.2) is 9.59 Å². The zero-order chi connectivity index (χ0) is 17.8. The van der Waals surface area contributed by atoms with Gasteiger partial charge in [-0.2, -0.15) is 0 Å². The first-order chi connectivity index (χ1) is 10.6. The molecule has 0 fully saturated rings. The topological polar surface area (TPSA) is 66.8 Å². The molecule has 1 aromatic carbocycles. The SMILES string of the molecule is CCCN(C(=O)OC(C)(C)C)C(C(=O)O)c1ccc(C)c(Br)c1. The highest BCUT2D eigenvalue weighted by Gasteiger charge is 2.33. The van der Waals surface area contributed by atoms with Crippen LogP contribution in [0.4, 0.5) is 4.79 Å². The molecule has 0 saturated carbocycles. The molecular weight excluding hydrogens is 362 g/mol. The van der Waals surface area contributed by atoms with Gasteiger partial charge >= 0.3 is 12.1 Å². The second-order valence-corrected chi connectivity index (χ2v) is 7.28. The molecule has 1 rings (SSSR count). The second kappa shape index (κ2) is 7.81. The van der Waals surface area contributed by atoms with Crippen LogP contribution in [-0.4, -0.2) is 34.2 Å². The maximum Gasteiger partial charge on any atom is 0.411 e. The number of nitrogens with zero attached hydrogens (tertiary/aromatic N) is 1. The normalized spacial score (nSPS) is 12.6. The Kier molecular flexibility index (Phi) is 6.62. The number of carboxylic acid groups (broad SMARTS) is 1. The molecule has 0 aliphatic carbocycles. The minimum Gasteiger partial charge on any atom is -0.479 e. The first kappa shape index (κ1) is 19.5. The summed E-state index contributed by atoms with van der Waals surface area (Å²) in [6, 6.07) is 4.21. The molecule has 0 saturated heterocycles. The van der Waals surface area contributed by atoms with Crippen molar-refractivity contribution < 1.29 is 19.4 Å². The highest BCUT2D eigenvalue weighted by Crippen LogP contribution is 2.28. The van der Waals surface area contributed by atoms with Crippen LogP contribution in [0.15, 0.2) is 22.7 Å². The number of aryl methyl sites for hydroxylation is 1. The van der Waals surface area contributed by atoms with E-state index in [1.807, 2.05) is 19.9 Å². The number of carboxylic acids is 1. The molecule has 1 N–H and O–H groups in total. The van der Waals surface area contributed by atoms with E-state index in [2.05, 4.69) is 15.9 Å². The van der Waals surface area contributed by atoms with E-state index < -0.39 is 23.7 Å². The van der Waals surface area contributed by atoms with E-state index in [0.29, 0.717) is 18.5 Å². The summed E-state index contributed by atoms with van der Waals surface area (Å²) in [6.45, 7) is 9.38. The third-order valence-corrected chi connectivity index (χ3v) is 4.00.